The lowest BCUT2D eigenvalue weighted by Crippen LogP contribution is -2.20. The van der Waals surface area contributed by atoms with E-state index in [1.165, 1.54) is 6.92 Å². The molecule has 0 atom stereocenters. The van der Waals surface area contributed by atoms with E-state index in [2.05, 4.69) is 5.32 Å². The molecular formula is C11H14ClNO2. The maximum absolute atomic E-state index is 10.5. The molecule has 0 spiro atoms. The third kappa shape index (κ3) is 5.40. The Morgan fingerprint density at radius 2 is 2.33 bits per heavy atom. The summed E-state index contributed by atoms with van der Waals surface area (Å²) in [7, 11) is 0. The molecule has 1 rings (SSSR count). The summed E-state index contributed by atoms with van der Waals surface area (Å²) >= 11 is 5.83. The molecule has 4 heteroatoms. The highest BCUT2D eigenvalue weighted by molar-refractivity contribution is 6.30. The largest absolute Gasteiger partial charge is 0.465 e. The van der Waals surface area contributed by atoms with Crippen molar-refractivity contribution in [1.82, 2.24) is 5.32 Å². The van der Waals surface area contributed by atoms with E-state index in [1.54, 1.807) is 0 Å². The van der Waals surface area contributed by atoms with Crippen molar-refractivity contribution < 1.29 is 9.53 Å². The summed E-state index contributed by atoms with van der Waals surface area (Å²) in [5.41, 5.74) is 1.12. The molecule has 82 valence electrons. The molecule has 0 heterocycles. The van der Waals surface area contributed by atoms with Crippen LogP contribution in [-0.4, -0.2) is 19.1 Å². The highest BCUT2D eigenvalue weighted by Crippen LogP contribution is 2.09. The van der Waals surface area contributed by atoms with Gasteiger partial charge in [0, 0.05) is 25.0 Å². The van der Waals surface area contributed by atoms with E-state index >= 15 is 0 Å². The van der Waals surface area contributed by atoms with Gasteiger partial charge >= 0.3 is 5.97 Å². The number of halogens is 1. The smallest absolute Gasteiger partial charge is 0.302 e. The molecule has 1 N–H and O–H groups in total. The van der Waals surface area contributed by atoms with Crippen LogP contribution in [0.25, 0.3) is 0 Å². The van der Waals surface area contributed by atoms with Crippen LogP contribution in [0.15, 0.2) is 24.3 Å². The Hall–Kier alpha value is -1.06. The SMILES string of the molecule is CC(=O)OCCNCc1cccc(Cl)c1. The van der Waals surface area contributed by atoms with Crippen LogP contribution in [0.3, 0.4) is 0 Å². The minimum Gasteiger partial charge on any atom is -0.465 e. The number of carbonyl (C=O) groups is 1. The molecule has 0 saturated heterocycles. The summed E-state index contributed by atoms with van der Waals surface area (Å²) in [6.45, 7) is 3.17. The number of carbonyl (C=O) groups excluding carboxylic acids is 1. The van der Waals surface area contributed by atoms with E-state index in [-0.39, 0.29) is 5.97 Å². The first-order valence-electron chi connectivity index (χ1n) is 4.77. The van der Waals surface area contributed by atoms with Gasteiger partial charge in [-0.3, -0.25) is 4.79 Å². The predicted molar refractivity (Wildman–Crippen MR) is 59.8 cm³/mol. The van der Waals surface area contributed by atoms with Crippen LogP contribution in [-0.2, 0) is 16.1 Å². The van der Waals surface area contributed by atoms with Crippen molar-refractivity contribution in [2.24, 2.45) is 0 Å². The maximum Gasteiger partial charge on any atom is 0.302 e. The number of ether oxygens (including phenoxy) is 1. The molecule has 0 aliphatic rings. The fraction of sp³-hybridized carbons (Fsp3) is 0.364. The molecule has 15 heavy (non-hydrogen) atoms. The van der Waals surface area contributed by atoms with Gasteiger partial charge in [0.25, 0.3) is 0 Å². The van der Waals surface area contributed by atoms with Gasteiger partial charge in [0.05, 0.1) is 0 Å². The zero-order valence-corrected chi connectivity index (χ0v) is 9.38. The Balaban J connectivity index is 2.17. The highest BCUT2D eigenvalue weighted by atomic mass is 35.5. The Kier molecular flexibility index (Phi) is 5.15. The summed E-state index contributed by atoms with van der Waals surface area (Å²) < 4.78 is 4.78. The maximum atomic E-state index is 10.5. The Bertz CT molecular complexity index is 328. The highest BCUT2D eigenvalue weighted by Gasteiger charge is 1.95. The molecule has 1 aromatic rings. The second-order valence-electron chi connectivity index (χ2n) is 3.15. The second-order valence-corrected chi connectivity index (χ2v) is 3.58. The molecule has 0 fully saturated rings. The number of benzene rings is 1. The monoisotopic (exact) mass is 227 g/mol. The van der Waals surface area contributed by atoms with Crippen LogP contribution in [0, 0.1) is 0 Å². The number of hydrogen-bond acceptors (Lipinski definition) is 3. The first-order valence-corrected chi connectivity index (χ1v) is 5.15. The molecular weight excluding hydrogens is 214 g/mol. The van der Waals surface area contributed by atoms with Gasteiger partial charge in [-0.15, -0.1) is 0 Å². The molecule has 1 aromatic carbocycles. The third-order valence-corrected chi connectivity index (χ3v) is 2.04. The summed E-state index contributed by atoms with van der Waals surface area (Å²) in [5, 5.41) is 3.88. The topological polar surface area (TPSA) is 38.3 Å². The second kappa shape index (κ2) is 6.43. The van der Waals surface area contributed by atoms with Crippen molar-refractivity contribution >= 4 is 17.6 Å². The Labute approximate surface area is 94.4 Å². The number of nitrogens with one attached hydrogen (secondary N) is 1. The molecule has 0 aliphatic heterocycles. The first-order chi connectivity index (χ1) is 7.18. The van der Waals surface area contributed by atoms with Crippen LogP contribution in [0.5, 0.6) is 0 Å². The zero-order chi connectivity index (χ0) is 11.1. The van der Waals surface area contributed by atoms with Crippen LogP contribution < -0.4 is 5.32 Å². The van der Waals surface area contributed by atoms with Gasteiger partial charge in [-0.1, -0.05) is 23.7 Å². The van der Waals surface area contributed by atoms with Crippen LogP contribution in [0.4, 0.5) is 0 Å². The van der Waals surface area contributed by atoms with Gasteiger partial charge in [-0.2, -0.15) is 0 Å². The lowest BCUT2D eigenvalue weighted by Gasteiger charge is -2.05. The van der Waals surface area contributed by atoms with E-state index in [4.69, 9.17) is 16.3 Å². The molecule has 0 unspecified atom stereocenters. The fourth-order valence-corrected chi connectivity index (χ4v) is 1.36. The summed E-state index contributed by atoms with van der Waals surface area (Å²) in [5.74, 6) is -0.250. The van der Waals surface area contributed by atoms with Gasteiger partial charge < -0.3 is 10.1 Å². The number of rotatable bonds is 5. The van der Waals surface area contributed by atoms with Crippen LogP contribution in [0.2, 0.25) is 5.02 Å². The average Bonchev–Trinajstić information content (AvgIpc) is 2.17. The Morgan fingerprint density at radius 1 is 1.53 bits per heavy atom. The predicted octanol–water partition coefficient (Wildman–Crippen LogP) is 1.99. The quantitative estimate of drug-likeness (QED) is 0.618. The standard InChI is InChI=1S/C11H14ClNO2/c1-9(14)15-6-5-13-8-10-3-2-4-11(12)7-10/h2-4,7,13H,5-6,8H2,1H3. The minimum absolute atomic E-state index is 0.250. The molecule has 0 radical (unpaired) electrons. The average molecular weight is 228 g/mol. The minimum atomic E-state index is -0.250. The third-order valence-electron chi connectivity index (χ3n) is 1.80. The lowest BCUT2D eigenvalue weighted by atomic mass is 10.2. The van der Waals surface area contributed by atoms with E-state index in [0.717, 1.165) is 17.1 Å². The van der Waals surface area contributed by atoms with Gasteiger partial charge in [-0.05, 0) is 17.7 Å². The molecule has 0 aliphatic carbocycles. The van der Waals surface area contributed by atoms with Gasteiger partial charge in [0.2, 0.25) is 0 Å². The van der Waals surface area contributed by atoms with Crippen molar-refractivity contribution in [3.05, 3.63) is 34.9 Å². The van der Waals surface area contributed by atoms with Crippen LogP contribution >= 0.6 is 11.6 Å². The van der Waals surface area contributed by atoms with Crippen molar-refractivity contribution in [2.45, 2.75) is 13.5 Å². The fourth-order valence-electron chi connectivity index (χ4n) is 1.15. The van der Waals surface area contributed by atoms with Gasteiger partial charge in [0.15, 0.2) is 0 Å². The van der Waals surface area contributed by atoms with Crippen molar-refractivity contribution in [1.29, 1.82) is 0 Å². The summed E-state index contributed by atoms with van der Waals surface area (Å²) in [4.78, 5) is 10.5. The normalized spacial score (nSPS) is 10.0. The number of esters is 1. The summed E-state index contributed by atoms with van der Waals surface area (Å²) in [6.07, 6.45) is 0. The van der Waals surface area contributed by atoms with E-state index in [1.807, 2.05) is 24.3 Å². The molecule has 0 saturated carbocycles. The van der Waals surface area contributed by atoms with Crippen molar-refractivity contribution in [2.75, 3.05) is 13.2 Å². The summed E-state index contributed by atoms with van der Waals surface area (Å²) in [6, 6.07) is 7.64. The Morgan fingerprint density at radius 3 is 3.00 bits per heavy atom. The first kappa shape index (κ1) is 12.0. The molecule has 3 nitrogen and oxygen atoms in total. The number of hydrogen-bond donors (Lipinski definition) is 1. The van der Waals surface area contributed by atoms with E-state index in [0.29, 0.717) is 13.2 Å². The zero-order valence-electron chi connectivity index (χ0n) is 8.63. The van der Waals surface area contributed by atoms with Gasteiger partial charge in [0.1, 0.15) is 6.61 Å². The molecule has 0 amide bonds. The lowest BCUT2D eigenvalue weighted by molar-refractivity contribution is -0.140. The van der Waals surface area contributed by atoms with Gasteiger partial charge in [-0.25, -0.2) is 0 Å². The van der Waals surface area contributed by atoms with Crippen molar-refractivity contribution in [3.63, 3.8) is 0 Å². The van der Waals surface area contributed by atoms with Crippen LogP contribution in [0.1, 0.15) is 12.5 Å². The molecule has 0 aromatic heterocycles. The van der Waals surface area contributed by atoms with Crippen molar-refractivity contribution in [3.8, 4) is 0 Å². The van der Waals surface area contributed by atoms with E-state index in [9.17, 15) is 4.79 Å². The molecule has 0 bridgehead atoms. The van der Waals surface area contributed by atoms with E-state index < -0.39 is 0 Å².